The molecule has 120 valence electrons. The van der Waals surface area contributed by atoms with E-state index < -0.39 is 6.04 Å². The van der Waals surface area contributed by atoms with Gasteiger partial charge >= 0.3 is 0 Å². The van der Waals surface area contributed by atoms with E-state index >= 15 is 0 Å². The van der Waals surface area contributed by atoms with E-state index in [0.29, 0.717) is 5.69 Å². The second-order valence-electron chi connectivity index (χ2n) is 5.28. The molecule has 1 aromatic heterocycles. The van der Waals surface area contributed by atoms with E-state index in [2.05, 4.69) is 15.6 Å². The van der Waals surface area contributed by atoms with Gasteiger partial charge in [-0.25, -0.2) is 0 Å². The number of nitrogens with two attached hydrogens (primary N) is 1. The summed E-state index contributed by atoms with van der Waals surface area (Å²) in [5.74, 6) is -0.574. The molecule has 0 bridgehead atoms. The number of nitrogens with one attached hydrogen (secondary N) is 3. The van der Waals surface area contributed by atoms with Crippen molar-refractivity contribution in [1.29, 1.82) is 0 Å². The zero-order valence-electron chi connectivity index (χ0n) is 12.6. The van der Waals surface area contributed by atoms with Crippen LogP contribution < -0.4 is 16.4 Å². The van der Waals surface area contributed by atoms with Crippen LogP contribution in [0.3, 0.4) is 0 Å². The molecule has 0 spiro atoms. The molecule has 2 rings (SSSR count). The number of carbonyl (C=O) groups excluding carboxylic acids is 2. The lowest BCUT2D eigenvalue weighted by Gasteiger charge is -2.15. The van der Waals surface area contributed by atoms with Crippen LogP contribution in [-0.2, 0) is 9.59 Å². The van der Waals surface area contributed by atoms with Gasteiger partial charge in [-0.15, -0.1) is 12.4 Å². The van der Waals surface area contributed by atoms with Crippen molar-refractivity contribution in [3.63, 3.8) is 0 Å². The highest BCUT2D eigenvalue weighted by Gasteiger charge is 2.17. The summed E-state index contributed by atoms with van der Waals surface area (Å²) in [7, 11) is 0. The normalized spacial score (nSPS) is 11.8. The number of benzene rings is 1. The lowest BCUT2D eigenvalue weighted by molar-refractivity contribution is -0.125. The van der Waals surface area contributed by atoms with Crippen molar-refractivity contribution in [2.24, 2.45) is 11.7 Å². The molecule has 0 aliphatic rings. The summed E-state index contributed by atoms with van der Waals surface area (Å²) in [5.41, 5.74) is 7.36. The summed E-state index contributed by atoms with van der Waals surface area (Å²) in [6, 6.07) is 6.87. The van der Waals surface area contributed by atoms with Gasteiger partial charge in [0.1, 0.15) is 0 Å². The second-order valence-corrected chi connectivity index (χ2v) is 5.28. The van der Waals surface area contributed by atoms with E-state index in [0.717, 1.165) is 10.9 Å². The van der Waals surface area contributed by atoms with E-state index in [4.69, 9.17) is 5.73 Å². The predicted molar refractivity (Wildman–Crippen MR) is 90.0 cm³/mol. The van der Waals surface area contributed by atoms with E-state index in [1.807, 2.05) is 44.3 Å². The summed E-state index contributed by atoms with van der Waals surface area (Å²) in [6.45, 7) is 3.62. The molecule has 0 aliphatic heterocycles. The number of aromatic amines is 1. The van der Waals surface area contributed by atoms with E-state index in [9.17, 15) is 9.59 Å². The van der Waals surface area contributed by atoms with E-state index in [1.165, 1.54) is 0 Å². The molecule has 0 radical (unpaired) electrons. The van der Waals surface area contributed by atoms with Gasteiger partial charge in [-0.1, -0.05) is 19.9 Å². The molecule has 2 amide bonds. The Kier molecular flexibility index (Phi) is 6.39. The standard InChI is InChI=1S/C15H20N4O2.ClH/c1-9(2)14(16)15(21)18-8-13(20)19-12-5-3-4-11-10(12)6-7-17-11;/h3-7,9,14,17H,8,16H2,1-2H3,(H,18,21)(H,19,20);1H/t14-;/m0./s1. The molecule has 22 heavy (non-hydrogen) atoms. The minimum atomic E-state index is -0.606. The van der Waals surface area contributed by atoms with Crippen molar-refractivity contribution in [1.82, 2.24) is 10.3 Å². The van der Waals surface area contributed by atoms with Gasteiger partial charge in [-0.2, -0.15) is 0 Å². The Labute approximate surface area is 135 Å². The Balaban J connectivity index is 0.00000242. The number of H-pyrrole nitrogens is 1. The number of rotatable bonds is 5. The number of hydrogen-bond acceptors (Lipinski definition) is 3. The van der Waals surface area contributed by atoms with Crippen LogP contribution in [0.1, 0.15) is 13.8 Å². The Bertz CT molecular complexity index is 654. The smallest absolute Gasteiger partial charge is 0.243 e. The molecule has 5 N–H and O–H groups in total. The number of hydrogen-bond donors (Lipinski definition) is 4. The van der Waals surface area contributed by atoms with Gasteiger partial charge in [0, 0.05) is 17.1 Å². The SMILES string of the molecule is CC(C)[C@H](N)C(=O)NCC(=O)Nc1cccc2[nH]ccc12.Cl. The summed E-state index contributed by atoms with van der Waals surface area (Å²) < 4.78 is 0. The molecule has 1 atom stereocenters. The van der Waals surface area contributed by atoms with Crippen molar-refractivity contribution in [3.05, 3.63) is 30.5 Å². The first kappa shape index (κ1) is 18.0. The maximum Gasteiger partial charge on any atom is 0.243 e. The Morgan fingerprint density at radius 2 is 2.00 bits per heavy atom. The summed E-state index contributed by atoms with van der Waals surface area (Å²) >= 11 is 0. The Morgan fingerprint density at radius 3 is 2.68 bits per heavy atom. The molecule has 0 saturated heterocycles. The number of carbonyl (C=O) groups is 2. The summed E-state index contributed by atoms with van der Waals surface area (Å²) in [6.07, 6.45) is 1.81. The third kappa shape index (κ3) is 4.22. The topological polar surface area (TPSA) is 100 Å². The lowest BCUT2D eigenvalue weighted by atomic mass is 10.1. The quantitative estimate of drug-likeness (QED) is 0.672. The highest BCUT2D eigenvalue weighted by atomic mass is 35.5. The van der Waals surface area contributed by atoms with Crippen LogP contribution in [0.25, 0.3) is 10.9 Å². The van der Waals surface area contributed by atoms with Crippen LogP contribution >= 0.6 is 12.4 Å². The molecular formula is C15H21ClN4O2. The summed E-state index contributed by atoms with van der Waals surface area (Å²) in [5, 5.41) is 6.25. The molecular weight excluding hydrogens is 304 g/mol. The lowest BCUT2D eigenvalue weighted by Crippen LogP contribution is -2.46. The van der Waals surface area contributed by atoms with Gasteiger partial charge in [-0.05, 0) is 24.1 Å². The zero-order chi connectivity index (χ0) is 15.4. The van der Waals surface area contributed by atoms with Crippen LogP contribution in [0.2, 0.25) is 0 Å². The first-order chi connectivity index (χ1) is 9.99. The molecule has 0 fully saturated rings. The summed E-state index contributed by atoms with van der Waals surface area (Å²) in [4.78, 5) is 26.7. The fraction of sp³-hybridized carbons (Fsp3) is 0.333. The molecule has 7 heteroatoms. The van der Waals surface area contributed by atoms with Crippen molar-refractivity contribution >= 4 is 40.8 Å². The fourth-order valence-corrected chi connectivity index (χ4v) is 1.98. The van der Waals surface area contributed by atoms with Gasteiger partial charge in [0.05, 0.1) is 18.3 Å². The van der Waals surface area contributed by atoms with Gasteiger partial charge < -0.3 is 21.4 Å². The largest absolute Gasteiger partial charge is 0.361 e. The van der Waals surface area contributed by atoms with Crippen LogP contribution in [-0.4, -0.2) is 29.4 Å². The highest BCUT2D eigenvalue weighted by Crippen LogP contribution is 2.21. The number of fused-ring (bicyclic) bond motifs is 1. The van der Waals surface area contributed by atoms with E-state index in [-0.39, 0.29) is 36.7 Å². The third-order valence-corrected chi connectivity index (χ3v) is 3.31. The van der Waals surface area contributed by atoms with Crippen LogP contribution in [0, 0.1) is 5.92 Å². The Hall–Kier alpha value is -2.05. The first-order valence-corrected chi connectivity index (χ1v) is 6.88. The monoisotopic (exact) mass is 324 g/mol. The second kappa shape index (κ2) is 7.82. The minimum absolute atomic E-state index is 0. The van der Waals surface area contributed by atoms with Gasteiger partial charge in [0.2, 0.25) is 11.8 Å². The maximum absolute atomic E-state index is 11.9. The fourth-order valence-electron chi connectivity index (χ4n) is 1.98. The van der Waals surface area contributed by atoms with Gasteiger partial charge in [0.15, 0.2) is 0 Å². The molecule has 0 aliphatic carbocycles. The van der Waals surface area contributed by atoms with Crippen molar-refractivity contribution < 1.29 is 9.59 Å². The number of amides is 2. The average molecular weight is 325 g/mol. The van der Waals surface area contributed by atoms with Crippen molar-refractivity contribution in [3.8, 4) is 0 Å². The van der Waals surface area contributed by atoms with Crippen molar-refractivity contribution in [2.45, 2.75) is 19.9 Å². The van der Waals surface area contributed by atoms with E-state index in [1.54, 1.807) is 0 Å². The molecule has 0 saturated carbocycles. The average Bonchev–Trinajstić information content (AvgIpc) is 2.93. The molecule has 0 unspecified atom stereocenters. The maximum atomic E-state index is 11.9. The predicted octanol–water partition coefficient (Wildman–Crippen LogP) is 1.63. The molecule has 6 nitrogen and oxygen atoms in total. The first-order valence-electron chi connectivity index (χ1n) is 6.88. The van der Waals surface area contributed by atoms with Crippen LogP contribution in [0.5, 0.6) is 0 Å². The number of anilines is 1. The van der Waals surface area contributed by atoms with Gasteiger partial charge in [0.25, 0.3) is 0 Å². The molecule has 1 heterocycles. The minimum Gasteiger partial charge on any atom is -0.361 e. The number of halogens is 1. The van der Waals surface area contributed by atoms with Crippen LogP contribution in [0.15, 0.2) is 30.5 Å². The van der Waals surface area contributed by atoms with Crippen LogP contribution in [0.4, 0.5) is 5.69 Å². The highest BCUT2D eigenvalue weighted by molar-refractivity contribution is 6.02. The molecule has 1 aromatic carbocycles. The number of aromatic nitrogens is 1. The third-order valence-electron chi connectivity index (χ3n) is 3.31. The Morgan fingerprint density at radius 1 is 1.27 bits per heavy atom. The van der Waals surface area contributed by atoms with Gasteiger partial charge in [-0.3, -0.25) is 9.59 Å². The molecule has 2 aromatic rings. The zero-order valence-corrected chi connectivity index (χ0v) is 13.4. The van der Waals surface area contributed by atoms with Crippen molar-refractivity contribution in [2.75, 3.05) is 11.9 Å².